The lowest BCUT2D eigenvalue weighted by Crippen LogP contribution is -2.47. The molecule has 0 saturated carbocycles. The molecular formula is C19H28F3N3O. The number of benzene rings is 1. The van der Waals surface area contributed by atoms with Crippen LogP contribution in [0.25, 0.3) is 0 Å². The summed E-state index contributed by atoms with van der Waals surface area (Å²) in [6.45, 7) is 8.65. The van der Waals surface area contributed by atoms with Crippen LogP contribution >= 0.6 is 0 Å². The van der Waals surface area contributed by atoms with Crippen molar-refractivity contribution >= 4 is 5.91 Å². The Kier molecular flexibility index (Phi) is 6.69. The van der Waals surface area contributed by atoms with E-state index in [1.165, 1.54) is 12.1 Å². The Bertz CT molecular complexity index is 616. The van der Waals surface area contributed by atoms with Gasteiger partial charge in [0.2, 0.25) is 5.91 Å². The molecule has 0 radical (unpaired) electrons. The van der Waals surface area contributed by atoms with Gasteiger partial charge in [-0.15, -0.1) is 0 Å². The fraction of sp³-hybridized carbons (Fsp3) is 0.632. The standard InChI is InChI=1S/C19H28F3N3O/c1-12(2)24-18(26)17-9-15(11-25(17)13(3)4)23-10-14-7-5-6-8-16(14)19(20,21)22/h5-8,12-13,15,17,23H,9-11H2,1-4H3,(H,24,26)/t15-,17+/m1/s1. The zero-order chi connectivity index (χ0) is 19.5. The minimum Gasteiger partial charge on any atom is -0.353 e. The highest BCUT2D eigenvalue weighted by atomic mass is 19.4. The topological polar surface area (TPSA) is 44.4 Å². The van der Waals surface area contributed by atoms with Crippen LogP contribution in [0.5, 0.6) is 0 Å². The van der Waals surface area contributed by atoms with E-state index in [0.717, 1.165) is 6.07 Å². The predicted octanol–water partition coefficient (Wildman–Crippen LogP) is 3.17. The Hall–Kier alpha value is -1.60. The predicted molar refractivity (Wildman–Crippen MR) is 95.6 cm³/mol. The van der Waals surface area contributed by atoms with Crippen LogP contribution in [0.3, 0.4) is 0 Å². The number of likely N-dealkylation sites (tertiary alicyclic amines) is 1. The van der Waals surface area contributed by atoms with Crippen molar-refractivity contribution in [3.63, 3.8) is 0 Å². The van der Waals surface area contributed by atoms with E-state index in [4.69, 9.17) is 0 Å². The van der Waals surface area contributed by atoms with Crippen molar-refractivity contribution in [2.75, 3.05) is 6.54 Å². The number of nitrogens with zero attached hydrogens (tertiary/aromatic N) is 1. The van der Waals surface area contributed by atoms with E-state index in [9.17, 15) is 18.0 Å². The lowest BCUT2D eigenvalue weighted by molar-refractivity contribution is -0.138. The fourth-order valence-electron chi connectivity index (χ4n) is 3.42. The molecule has 26 heavy (non-hydrogen) atoms. The monoisotopic (exact) mass is 371 g/mol. The number of amides is 1. The van der Waals surface area contributed by atoms with Crippen molar-refractivity contribution in [1.29, 1.82) is 0 Å². The molecule has 1 aromatic carbocycles. The molecular weight excluding hydrogens is 343 g/mol. The molecule has 0 aromatic heterocycles. The molecule has 4 nitrogen and oxygen atoms in total. The molecule has 0 aliphatic carbocycles. The van der Waals surface area contributed by atoms with Crippen molar-refractivity contribution in [2.24, 2.45) is 0 Å². The second-order valence-electron chi connectivity index (χ2n) is 7.44. The van der Waals surface area contributed by atoms with Gasteiger partial charge in [-0.3, -0.25) is 9.69 Å². The van der Waals surface area contributed by atoms with Gasteiger partial charge in [0.15, 0.2) is 0 Å². The van der Waals surface area contributed by atoms with Gasteiger partial charge in [0, 0.05) is 31.2 Å². The van der Waals surface area contributed by atoms with E-state index < -0.39 is 11.7 Å². The van der Waals surface area contributed by atoms with Crippen LogP contribution in [-0.4, -0.2) is 41.5 Å². The Morgan fingerprint density at radius 1 is 1.23 bits per heavy atom. The van der Waals surface area contributed by atoms with Crippen molar-refractivity contribution in [1.82, 2.24) is 15.5 Å². The molecule has 2 N–H and O–H groups in total. The second-order valence-corrected chi connectivity index (χ2v) is 7.44. The van der Waals surface area contributed by atoms with Crippen LogP contribution in [0.4, 0.5) is 13.2 Å². The van der Waals surface area contributed by atoms with Crippen LogP contribution < -0.4 is 10.6 Å². The van der Waals surface area contributed by atoms with Gasteiger partial charge in [-0.1, -0.05) is 18.2 Å². The van der Waals surface area contributed by atoms with E-state index >= 15 is 0 Å². The van der Waals surface area contributed by atoms with Crippen LogP contribution in [0.2, 0.25) is 0 Å². The summed E-state index contributed by atoms with van der Waals surface area (Å²) >= 11 is 0. The van der Waals surface area contributed by atoms with E-state index in [2.05, 4.69) is 15.5 Å². The van der Waals surface area contributed by atoms with Crippen LogP contribution in [0, 0.1) is 0 Å². The van der Waals surface area contributed by atoms with Crippen LogP contribution in [0.15, 0.2) is 24.3 Å². The minimum absolute atomic E-state index is 0.0197. The lowest BCUT2D eigenvalue weighted by Gasteiger charge is -2.27. The largest absolute Gasteiger partial charge is 0.416 e. The van der Waals surface area contributed by atoms with Crippen molar-refractivity contribution in [2.45, 2.75) is 71.0 Å². The molecule has 1 amide bonds. The molecule has 1 heterocycles. The molecule has 1 saturated heterocycles. The highest BCUT2D eigenvalue weighted by Crippen LogP contribution is 2.32. The maximum absolute atomic E-state index is 13.1. The first-order valence-electron chi connectivity index (χ1n) is 9.04. The molecule has 1 aromatic rings. The zero-order valence-corrected chi connectivity index (χ0v) is 15.7. The smallest absolute Gasteiger partial charge is 0.353 e. The van der Waals surface area contributed by atoms with Gasteiger partial charge in [-0.2, -0.15) is 13.2 Å². The van der Waals surface area contributed by atoms with Gasteiger partial charge in [-0.05, 0) is 45.7 Å². The quantitative estimate of drug-likeness (QED) is 0.807. The Balaban J connectivity index is 2.04. The maximum Gasteiger partial charge on any atom is 0.416 e. The number of alkyl halides is 3. The van der Waals surface area contributed by atoms with Crippen molar-refractivity contribution in [3.05, 3.63) is 35.4 Å². The molecule has 0 unspecified atom stereocenters. The highest BCUT2D eigenvalue weighted by Gasteiger charge is 2.38. The number of halogens is 3. The summed E-state index contributed by atoms with van der Waals surface area (Å²) in [5.74, 6) is -0.0197. The summed E-state index contributed by atoms with van der Waals surface area (Å²) < 4.78 is 39.4. The lowest BCUT2D eigenvalue weighted by atomic mass is 10.1. The highest BCUT2D eigenvalue weighted by molar-refractivity contribution is 5.82. The molecule has 1 fully saturated rings. The summed E-state index contributed by atoms with van der Waals surface area (Å²) in [4.78, 5) is 14.5. The average Bonchev–Trinajstić information content (AvgIpc) is 2.96. The fourth-order valence-corrected chi connectivity index (χ4v) is 3.42. The molecule has 7 heteroatoms. The third-order valence-electron chi connectivity index (χ3n) is 4.64. The molecule has 0 bridgehead atoms. The first kappa shape index (κ1) is 20.7. The molecule has 2 rings (SSSR count). The number of carbonyl (C=O) groups excluding carboxylic acids is 1. The number of carbonyl (C=O) groups is 1. The van der Waals surface area contributed by atoms with E-state index in [-0.39, 0.29) is 42.2 Å². The minimum atomic E-state index is -4.36. The number of nitrogens with one attached hydrogen (secondary N) is 2. The second kappa shape index (κ2) is 8.39. The van der Waals surface area contributed by atoms with Crippen molar-refractivity contribution in [3.8, 4) is 0 Å². The van der Waals surface area contributed by atoms with Gasteiger partial charge >= 0.3 is 6.18 Å². The Morgan fingerprint density at radius 3 is 2.46 bits per heavy atom. The third kappa shape index (κ3) is 5.20. The number of hydrogen-bond acceptors (Lipinski definition) is 3. The van der Waals surface area contributed by atoms with Gasteiger partial charge in [0.05, 0.1) is 11.6 Å². The maximum atomic E-state index is 13.1. The first-order valence-corrected chi connectivity index (χ1v) is 9.04. The van der Waals surface area contributed by atoms with E-state index in [1.54, 1.807) is 6.07 Å². The molecule has 146 valence electrons. The molecule has 2 atom stereocenters. The van der Waals surface area contributed by atoms with Crippen LogP contribution in [0.1, 0.15) is 45.2 Å². The van der Waals surface area contributed by atoms with Crippen molar-refractivity contribution < 1.29 is 18.0 Å². The Labute approximate surface area is 153 Å². The normalized spacial score (nSPS) is 21.6. The van der Waals surface area contributed by atoms with Gasteiger partial charge in [0.1, 0.15) is 0 Å². The number of hydrogen-bond donors (Lipinski definition) is 2. The van der Waals surface area contributed by atoms with Crippen LogP contribution in [-0.2, 0) is 17.5 Å². The first-order chi connectivity index (χ1) is 12.1. The summed E-state index contributed by atoms with van der Waals surface area (Å²) in [6, 6.07) is 5.57. The molecule has 0 spiro atoms. The Morgan fingerprint density at radius 2 is 1.88 bits per heavy atom. The molecule has 1 aliphatic rings. The zero-order valence-electron chi connectivity index (χ0n) is 15.7. The molecule has 1 aliphatic heterocycles. The summed E-state index contributed by atoms with van der Waals surface area (Å²) in [5, 5.41) is 6.15. The van der Waals surface area contributed by atoms with E-state index in [1.807, 2.05) is 27.7 Å². The average molecular weight is 371 g/mol. The summed E-state index contributed by atoms with van der Waals surface area (Å²) in [7, 11) is 0. The summed E-state index contributed by atoms with van der Waals surface area (Å²) in [5.41, 5.74) is -0.383. The third-order valence-corrected chi connectivity index (χ3v) is 4.64. The van der Waals surface area contributed by atoms with Gasteiger partial charge < -0.3 is 10.6 Å². The number of rotatable bonds is 6. The van der Waals surface area contributed by atoms with Gasteiger partial charge in [-0.25, -0.2) is 0 Å². The van der Waals surface area contributed by atoms with E-state index in [0.29, 0.717) is 13.0 Å². The van der Waals surface area contributed by atoms with Gasteiger partial charge in [0.25, 0.3) is 0 Å². The SMILES string of the molecule is CC(C)NC(=O)[C@@H]1C[C@@H](NCc2ccccc2C(F)(F)F)CN1C(C)C. The summed E-state index contributed by atoms with van der Waals surface area (Å²) in [6.07, 6.45) is -3.78.